The number of aromatic nitrogens is 1. The fourth-order valence-corrected chi connectivity index (χ4v) is 3.35. The fraction of sp³-hybridized carbons (Fsp3) is 0.148. The van der Waals surface area contributed by atoms with Gasteiger partial charge < -0.3 is 4.74 Å². The molecular weight excluding hydrogens is 392 g/mol. The van der Waals surface area contributed by atoms with Crippen LogP contribution in [0.2, 0.25) is 0 Å². The Kier molecular flexibility index (Phi) is 6.35. The fourth-order valence-electron chi connectivity index (χ4n) is 3.35. The maximum atomic E-state index is 13.5. The quantitative estimate of drug-likeness (QED) is 0.289. The maximum absolute atomic E-state index is 13.5. The Labute approximate surface area is 180 Å². The molecule has 4 heteroatoms. The van der Waals surface area contributed by atoms with Gasteiger partial charge in [0.05, 0.1) is 5.69 Å². The van der Waals surface area contributed by atoms with Gasteiger partial charge in [0.1, 0.15) is 0 Å². The molecule has 0 saturated heterocycles. The normalized spacial score (nSPS) is 10.7. The number of pyridine rings is 1. The summed E-state index contributed by atoms with van der Waals surface area (Å²) in [5, 5.41) is 1.27. The number of methoxy groups -OCH3 is 1. The lowest BCUT2D eigenvalue weighted by Gasteiger charge is -2.04. The number of ether oxygens (including phenoxy) is 1. The van der Waals surface area contributed by atoms with E-state index in [0.29, 0.717) is 10.8 Å². The van der Waals surface area contributed by atoms with Crippen LogP contribution in [0, 0.1) is 23.5 Å². The van der Waals surface area contributed by atoms with Crippen LogP contribution in [0.3, 0.4) is 0 Å². The van der Waals surface area contributed by atoms with Crippen molar-refractivity contribution >= 4 is 10.8 Å². The van der Waals surface area contributed by atoms with Crippen LogP contribution in [0.1, 0.15) is 23.1 Å². The zero-order chi connectivity index (χ0) is 21.6. The van der Waals surface area contributed by atoms with Crippen molar-refractivity contribution in [2.75, 3.05) is 13.7 Å². The van der Waals surface area contributed by atoms with Gasteiger partial charge in [-0.2, -0.15) is 0 Å². The molecule has 0 atom stereocenters. The lowest BCUT2D eigenvalue weighted by Crippen LogP contribution is -1.94. The van der Waals surface area contributed by atoms with E-state index in [1.807, 2.05) is 36.5 Å². The largest absolute Gasteiger partial charge is 0.385 e. The molecule has 4 rings (SSSR count). The van der Waals surface area contributed by atoms with Gasteiger partial charge in [-0.25, -0.2) is 8.78 Å². The number of fused-ring (bicyclic) bond motifs is 1. The molecule has 0 amide bonds. The average molecular weight is 413 g/mol. The van der Waals surface area contributed by atoms with E-state index < -0.39 is 11.6 Å². The Morgan fingerprint density at radius 1 is 0.806 bits per heavy atom. The SMILES string of the molecule is COCCCc1ccc(-c2ccc(C#Cc3ccc4cc(F)c(F)cc4c3)cc2)nc1. The number of benzene rings is 3. The molecule has 2 nitrogen and oxygen atoms in total. The van der Waals surface area contributed by atoms with Crippen LogP contribution in [-0.4, -0.2) is 18.7 Å². The van der Waals surface area contributed by atoms with Crippen molar-refractivity contribution in [2.24, 2.45) is 0 Å². The highest BCUT2D eigenvalue weighted by molar-refractivity contribution is 5.84. The molecule has 0 aliphatic rings. The monoisotopic (exact) mass is 413 g/mol. The van der Waals surface area contributed by atoms with Gasteiger partial charge in [-0.3, -0.25) is 4.98 Å². The predicted molar refractivity (Wildman–Crippen MR) is 120 cm³/mol. The number of aryl methyl sites for hydroxylation is 1. The highest BCUT2D eigenvalue weighted by atomic mass is 19.2. The Morgan fingerprint density at radius 2 is 1.52 bits per heavy atom. The topological polar surface area (TPSA) is 22.1 Å². The minimum atomic E-state index is -0.857. The van der Waals surface area contributed by atoms with Crippen LogP contribution in [0.5, 0.6) is 0 Å². The first-order chi connectivity index (χ1) is 15.1. The molecule has 3 aromatic carbocycles. The van der Waals surface area contributed by atoms with Crippen molar-refractivity contribution in [3.63, 3.8) is 0 Å². The van der Waals surface area contributed by atoms with Crippen LogP contribution in [0.25, 0.3) is 22.0 Å². The minimum Gasteiger partial charge on any atom is -0.385 e. The molecule has 0 saturated carbocycles. The van der Waals surface area contributed by atoms with Gasteiger partial charge >= 0.3 is 0 Å². The third-order valence-corrected chi connectivity index (χ3v) is 5.05. The van der Waals surface area contributed by atoms with Gasteiger partial charge in [0, 0.05) is 36.6 Å². The van der Waals surface area contributed by atoms with E-state index in [9.17, 15) is 8.78 Å². The maximum Gasteiger partial charge on any atom is 0.159 e. The molecule has 0 bridgehead atoms. The van der Waals surface area contributed by atoms with Gasteiger partial charge in [0.15, 0.2) is 11.6 Å². The zero-order valence-corrected chi connectivity index (χ0v) is 17.2. The molecule has 1 heterocycles. The molecule has 0 radical (unpaired) electrons. The number of hydrogen-bond acceptors (Lipinski definition) is 2. The summed E-state index contributed by atoms with van der Waals surface area (Å²) >= 11 is 0. The van der Waals surface area contributed by atoms with Crippen molar-refractivity contribution in [1.29, 1.82) is 0 Å². The molecule has 31 heavy (non-hydrogen) atoms. The average Bonchev–Trinajstić information content (AvgIpc) is 2.79. The van der Waals surface area contributed by atoms with E-state index in [-0.39, 0.29) is 0 Å². The van der Waals surface area contributed by atoms with Crippen molar-refractivity contribution in [3.05, 3.63) is 101 Å². The Balaban J connectivity index is 1.47. The minimum absolute atomic E-state index is 0.623. The molecule has 1 aromatic heterocycles. The summed E-state index contributed by atoms with van der Waals surface area (Å²) in [5.41, 5.74) is 4.75. The van der Waals surface area contributed by atoms with Gasteiger partial charge in [0.25, 0.3) is 0 Å². The van der Waals surface area contributed by atoms with Crippen molar-refractivity contribution in [3.8, 4) is 23.1 Å². The van der Waals surface area contributed by atoms with Crippen LogP contribution < -0.4 is 0 Å². The first kappa shape index (κ1) is 20.7. The highest BCUT2D eigenvalue weighted by Crippen LogP contribution is 2.20. The molecule has 4 aromatic rings. The third kappa shape index (κ3) is 5.14. The predicted octanol–water partition coefficient (Wildman–Crippen LogP) is 6.16. The second kappa shape index (κ2) is 9.51. The Morgan fingerprint density at radius 3 is 2.23 bits per heavy atom. The van der Waals surface area contributed by atoms with E-state index in [1.54, 1.807) is 25.3 Å². The smallest absolute Gasteiger partial charge is 0.159 e. The van der Waals surface area contributed by atoms with Crippen molar-refractivity contribution in [1.82, 2.24) is 4.98 Å². The van der Waals surface area contributed by atoms with E-state index in [4.69, 9.17) is 4.74 Å². The van der Waals surface area contributed by atoms with Crippen LogP contribution in [0.4, 0.5) is 8.78 Å². The molecule has 0 unspecified atom stereocenters. The lowest BCUT2D eigenvalue weighted by atomic mass is 10.1. The van der Waals surface area contributed by atoms with Crippen molar-refractivity contribution in [2.45, 2.75) is 12.8 Å². The van der Waals surface area contributed by atoms with Gasteiger partial charge in [-0.15, -0.1) is 0 Å². The Bertz CT molecular complexity index is 1250. The number of hydrogen-bond donors (Lipinski definition) is 0. The highest BCUT2D eigenvalue weighted by Gasteiger charge is 2.04. The first-order valence-electron chi connectivity index (χ1n) is 10.1. The molecular formula is C27H21F2NO. The summed E-state index contributed by atoms with van der Waals surface area (Å²) < 4.78 is 31.9. The molecule has 0 aliphatic carbocycles. The summed E-state index contributed by atoms with van der Waals surface area (Å²) in [5.74, 6) is 4.50. The second-order valence-corrected chi connectivity index (χ2v) is 7.30. The van der Waals surface area contributed by atoms with Crippen molar-refractivity contribution < 1.29 is 13.5 Å². The summed E-state index contributed by atoms with van der Waals surface area (Å²) in [6.07, 6.45) is 3.84. The van der Waals surface area contributed by atoms with Crippen LogP contribution in [-0.2, 0) is 11.2 Å². The standard InChI is InChI=1S/C27H21F2NO/c1-31-14-2-3-21-9-13-27(30-18-21)22-10-6-19(7-11-22)4-5-20-8-12-23-16-25(28)26(29)17-24(23)15-20/h6-13,15-18H,2-3,14H2,1H3. The van der Waals surface area contributed by atoms with E-state index in [0.717, 1.165) is 41.8 Å². The second-order valence-electron chi connectivity index (χ2n) is 7.30. The molecule has 0 N–H and O–H groups in total. The van der Waals surface area contributed by atoms with Gasteiger partial charge in [-0.1, -0.05) is 36.1 Å². The lowest BCUT2D eigenvalue weighted by molar-refractivity contribution is 0.195. The van der Waals surface area contributed by atoms with E-state index in [1.165, 1.54) is 17.7 Å². The third-order valence-electron chi connectivity index (χ3n) is 5.05. The number of nitrogens with zero attached hydrogens (tertiary/aromatic N) is 1. The molecule has 0 fully saturated rings. The molecule has 154 valence electrons. The van der Waals surface area contributed by atoms with Gasteiger partial charge in [0.2, 0.25) is 0 Å². The zero-order valence-electron chi connectivity index (χ0n) is 17.2. The summed E-state index contributed by atoms with van der Waals surface area (Å²) in [7, 11) is 1.71. The molecule has 0 aliphatic heterocycles. The Hall–Kier alpha value is -3.55. The first-order valence-corrected chi connectivity index (χ1v) is 10.1. The number of halogens is 2. The molecule has 0 spiro atoms. The van der Waals surface area contributed by atoms with Crippen LogP contribution >= 0.6 is 0 Å². The van der Waals surface area contributed by atoms with E-state index in [2.05, 4.69) is 22.9 Å². The summed E-state index contributed by atoms with van der Waals surface area (Å²) in [6, 6.07) is 19.7. The summed E-state index contributed by atoms with van der Waals surface area (Å²) in [6.45, 7) is 0.749. The van der Waals surface area contributed by atoms with Crippen LogP contribution in [0.15, 0.2) is 72.9 Å². The van der Waals surface area contributed by atoms with Gasteiger partial charge in [-0.05, 0) is 71.6 Å². The number of rotatable bonds is 5. The summed E-state index contributed by atoms with van der Waals surface area (Å²) in [4.78, 5) is 4.56. The van der Waals surface area contributed by atoms with E-state index >= 15 is 0 Å².